The van der Waals surface area contributed by atoms with Gasteiger partial charge in [0, 0.05) is 16.5 Å². The van der Waals surface area contributed by atoms with Gasteiger partial charge in [-0.05, 0) is 108 Å². The van der Waals surface area contributed by atoms with Gasteiger partial charge in [-0.15, -0.1) is 0 Å². The van der Waals surface area contributed by atoms with Crippen LogP contribution in [0.4, 0.5) is 0 Å². The maximum Gasteiger partial charge on any atom is 0.131 e. The first-order valence-corrected chi connectivity index (χ1v) is 17.9. The molecule has 51 heavy (non-hydrogen) atoms. The molecular formula is C50H34O. The molecule has 11 rings (SSSR count). The lowest BCUT2D eigenvalue weighted by atomic mass is 9.70. The predicted molar refractivity (Wildman–Crippen MR) is 210 cm³/mol. The van der Waals surface area contributed by atoms with E-state index in [4.69, 9.17) is 4.74 Å². The minimum absolute atomic E-state index is 0.155. The number of para-hydroxylation sites is 1. The highest BCUT2D eigenvalue weighted by Gasteiger charge is 2.52. The van der Waals surface area contributed by atoms with Crippen molar-refractivity contribution in [3.05, 3.63) is 203 Å². The van der Waals surface area contributed by atoms with Gasteiger partial charge in [0.1, 0.15) is 11.5 Å². The van der Waals surface area contributed by atoms with Crippen LogP contribution in [0.15, 0.2) is 170 Å². The van der Waals surface area contributed by atoms with Crippen LogP contribution in [0, 0.1) is 0 Å². The topological polar surface area (TPSA) is 9.23 Å². The van der Waals surface area contributed by atoms with Crippen molar-refractivity contribution in [2.75, 3.05) is 0 Å². The molecule has 2 aliphatic carbocycles. The highest BCUT2D eigenvalue weighted by atomic mass is 16.5. The summed E-state index contributed by atoms with van der Waals surface area (Å²) in [6.45, 7) is 4.59. The molecule has 1 spiro atoms. The van der Waals surface area contributed by atoms with Gasteiger partial charge in [-0.1, -0.05) is 153 Å². The molecule has 0 amide bonds. The van der Waals surface area contributed by atoms with Crippen molar-refractivity contribution in [3.8, 4) is 56.0 Å². The minimum atomic E-state index is -0.380. The van der Waals surface area contributed by atoms with Crippen LogP contribution in [0.1, 0.15) is 47.2 Å². The van der Waals surface area contributed by atoms with Crippen LogP contribution in [0.25, 0.3) is 55.3 Å². The molecule has 0 saturated carbocycles. The van der Waals surface area contributed by atoms with Gasteiger partial charge in [-0.25, -0.2) is 0 Å². The fourth-order valence-electron chi connectivity index (χ4n) is 9.58. The molecule has 1 atom stereocenters. The van der Waals surface area contributed by atoms with E-state index in [1.165, 1.54) is 88.7 Å². The largest absolute Gasteiger partial charge is 0.457 e. The van der Waals surface area contributed by atoms with Crippen LogP contribution in [0.5, 0.6) is 11.5 Å². The van der Waals surface area contributed by atoms with Gasteiger partial charge < -0.3 is 4.74 Å². The van der Waals surface area contributed by atoms with Gasteiger partial charge in [-0.2, -0.15) is 0 Å². The second-order valence-corrected chi connectivity index (χ2v) is 14.8. The molecule has 8 aromatic carbocycles. The van der Waals surface area contributed by atoms with Crippen molar-refractivity contribution >= 4 is 10.8 Å². The van der Waals surface area contributed by atoms with Gasteiger partial charge in [0.2, 0.25) is 0 Å². The molecule has 1 nitrogen and oxygen atoms in total. The summed E-state index contributed by atoms with van der Waals surface area (Å²) >= 11 is 0. The van der Waals surface area contributed by atoms with E-state index in [0.717, 1.165) is 11.5 Å². The van der Waals surface area contributed by atoms with Crippen molar-refractivity contribution in [1.82, 2.24) is 0 Å². The molecule has 3 aliphatic rings. The summed E-state index contributed by atoms with van der Waals surface area (Å²) in [4.78, 5) is 0. The number of rotatable bonds is 2. The molecule has 8 aromatic rings. The first kappa shape index (κ1) is 28.6. The molecule has 0 N–H and O–H groups in total. The molecule has 1 heteroatoms. The summed E-state index contributed by atoms with van der Waals surface area (Å²) in [5.74, 6) is 1.89. The quantitative estimate of drug-likeness (QED) is 0.181. The fraction of sp³-hybridized carbons (Fsp3) is 0.0800. The zero-order valence-corrected chi connectivity index (χ0v) is 28.6. The van der Waals surface area contributed by atoms with Crippen molar-refractivity contribution < 1.29 is 4.74 Å². The van der Waals surface area contributed by atoms with E-state index in [-0.39, 0.29) is 10.8 Å². The highest BCUT2D eigenvalue weighted by Crippen LogP contribution is 2.64. The summed E-state index contributed by atoms with van der Waals surface area (Å²) in [6, 6.07) is 63.0. The number of fused-ring (bicyclic) bond motifs is 13. The second kappa shape index (κ2) is 10.2. The smallest absolute Gasteiger partial charge is 0.131 e. The summed E-state index contributed by atoms with van der Waals surface area (Å²) < 4.78 is 6.36. The van der Waals surface area contributed by atoms with E-state index >= 15 is 0 Å². The first-order valence-electron chi connectivity index (χ1n) is 17.9. The lowest BCUT2D eigenvalue weighted by Crippen LogP contribution is -2.25. The summed E-state index contributed by atoms with van der Waals surface area (Å²) in [7, 11) is 0. The third kappa shape index (κ3) is 3.76. The summed E-state index contributed by atoms with van der Waals surface area (Å²) in [6.07, 6.45) is 0. The SMILES string of the molecule is CC1(C)c2ccccc2Oc2ccc(-c3ccc(-c4cccc5c4-c4ccccc4C54c5ccccc5-c5cc6ccccc6cc54)cc3)cc21. The Hall–Kier alpha value is -6.18. The minimum Gasteiger partial charge on any atom is -0.457 e. The van der Waals surface area contributed by atoms with Gasteiger partial charge in [0.15, 0.2) is 0 Å². The highest BCUT2D eigenvalue weighted by molar-refractivity contribution is 6.02. The molecule has 0 radical (unpaired) electrons. The molecule has 0 aromatic heterocycles. The standard InChI is InChI=1S/C50H34O/c1-49(2)42-19-9-10-21-46(42)51-47-27-26-35(30-45(47)49)31-22-24-32(25-23-31)36-16-11-20-43-48(36)38-15-6-8-18-41(38)50(43)40-17-7-5-14-37(40)39-28-33-12-3-4-13-34(33)29-44(39)50/h3-30H,1-2H3. The first-order chi connectivity index (χ1) is 25.0. The Labute approximate surface area is 298 Å². The Balaban J connectivity index is 1.07. The van der Waals surface area contributed by atoms with Crippen LogP contribution >= 0.6 is 0 Å². The molecule has 0 fully saturated rings. The second-order valence-electron chi connectivity index (χ2n) is 14.8. The molecule has 1 aliphatic heterocycles. The monoisotopic (exact) mass is 650 g/mol. The van der Waals surface area contributed by atoms with Crippen LogP contribution in [0.2, 0.25) is 0 Å². The van der Waals surface area contributed by atoms with Crippen LogP contribution in [-0.4, -0.2) is 0 Å². The lowest BCUT2D eigenvalue weighted by Gasteiger charge is -2.34. The molecule has 0 bridgehead atoms. The summed E-state index contributed by atoms with van der Waals surface area (Å²) in [5.41, 5.74) is 17.6. The van der Waals surface area contributed by atoms with E-state index in [1.807, 2.05) is 6.07 Å². The molecule has 0 saturated heterocycles. The van der Waals surface area contributed by atoms with E-state index < -0.39 is 0 Å². The maximum absolute atomic E-state index is 6.36. The maximum atomic E-state index is 6.36. The summed E-state index contributed by atoms with van der Waals surface area (Å²) in [5, 5.41) is 2.56. The zero-order chi connectivity index (χ0) is 33.9. The Morgan fingerprint density at radius 1 is 0.353 bits per heavy atom. The van der Waals surface area contributed by atoms with Crippen molar-refractivity contribution in [1.29, 1.82) is 0 Å². The predicted octanol–water partition coefficient (Wildman–Crippen LogP) is 12.9. The number of ether oxygens (including phenoxy) is 1. The zero-order valence-electron chi connectivity index (χ0n) is 28.6. The van der Waals surface area contributed by atoms with Gasteiger partial charge >= 0.3 is 0 Å². The third-order valence-electron chi connectivity index (χ3n) is 11.9. The molecule has 1 heterocycles. The van der Waals surface area contributed by atoms with Gasteiger partial charge in [0.05, 0.1) is 5.41 Å². The average molecular weight is 651 g/mol. The van der Waals surface area contributed by atoms with E-state index in [1.54, 1.807) is 0 Å². The molecular weight excluding hydrogens is 617 g/mol. The normalized spacial score (nSPS) is 16.8. The Morgan fingerprint density at radius 2 is 0.922 bits per heavy atom. The lowest BCUT2D eigenvalue weighted by molar-refractivity contribution is 0.418. The Kier molecular flexibility index (Phi) is 5.72. The Bertz CT molecular complexity index is 2750. The molecule has 1 unspecified atom stereocenters. The van der Waals surface area contributed by atoms with E-state index in [2.05, 4.69) is 178 Å². The van der Waals surface area contributed by atoms with Crippen molar-refractivity contribution in [2.45, 2.75) is 24.7 Å². The number of hydrogen-bond acceptors (Lipinski definition) is 1. The average Bonchev–Trinajstić information content (AvgIpc) is 3.64. The fourth-order valence-corrected chi connectivity index (χ4v) is 9.58. The molecule has 240 valence electrons. The van der Waals surface area contributed by atoms with Crippen LogP contribution in [-0.2, 0) is 10.8 Å². The van der Waals surface area contributed by atoms with Crippen LogP contribution < -0.4 is 4.74 Å². The van der Waals surface area contributed by atoms with Gasteiger partial charge in [0.25, 0.3) is 0 Å². The van der Waals surface area contributed by atoms with Crippen molar-refractivity contribution in [2.24, 2.45) is 0 Å². The number of hydrogen-bond donors (Lipinski definition) is 0. The van der Waals surface area contributed by atoms with Gasteiger partial charge in [-0.3, -0.25) is 0 Å². The number of benzene rings is 8. The Morgan fingerprint density at radius 3 is 1.73 bits per heavy atom. The van der Waals surface area contributed by atoms with E-state index in [0.29, 0.717) is 0 Å². The third-order valence-corrected chi connectivity index (χ3v) is 11.9. The van der Waals surface area contributed by atoms with Crippen molar-refractivity contribution in [3.63, 3.8) is 0 Å². The van der Waals surface area contributed by atoms with E-state index in [9.17, 15) is 0 Å². The van der Waals surface area contributed by atoms with Crippen LogP contribution in [0.3, 0.4) is 0 Å².